The topological polar surface area (TPSA) is 43.8 Å². The molecular formula is C8H13N3. The van der Waals surface area contributed by atoms with Crippen molar-refractivity contribution in [2.45, 2.75) is 25.3 Å². The van der Waals surface area contributed by atoms with Crippen LogP contribution in [-0.4, -0.2) is 9.78 Å². The average Bonchev–Trinajstić information content (AvgIpc) is 2.34. The first kappa shape index (κ1) is 6.85. The lowest BCUT2D eigenvalue weighted by molar-refractivity contribution is 0.527. The van der Waals surface area contributed by atoms with E-state index in [0.29, 0.717) is 0 Å². The Labute approximate surface area is 66.2 Å². The zero-order valence-corrected chi connectivity index (χ0v) is 6.75. The van der Waals surface area contributed by atoms with Gasteiger partial charge < -0.3 is 5.73 Å². The lowest BCUT2D eigenvalue weighted by Gasteiger charge is -2.18. The molecule has 1 aliphatic carbocycles. The number of fused-ring (bicyclic) bond motifs is 1. The van der Waals surface area contributed by atoms with E-state index in [2.05, 4.69) is 5.10 Å². The molecule has 1 atom stereocenters. The number of hydrogen-bond acceptors (Lipinski definition) is 2. The molecule has 0 saturated carbocycles. The van der Waals surface area contributed by atoms with Crippen LogP contribution < -0.4 is 5.73 Å². The smallest absolute Gasteiger partial charge is 0.0580 e. The van der Waals surface area contributed by atoms with E-state index in [1.165, 1.54) is 17.7 Å². The highest BCUT2D eigenvalue weighted by Crippen LogP contribution is 2.26. The fraction of sp³-hybridized carbons (Fsp3) is 0.625. The normalized spacial score (nSPS) is 23.3. The second kappa shape index (κ2) is 2.34. The molecule has 0 bridgehead atoms. The molecular weight excluding hydrogens is 138 g/mol. The molecule has 1 aliphatic rings. The van der Waals surface area contributed by atoms with E-state index in [-0.39, 0.29) is 6.04 Å². The summed E-state index contributed by atoms with van der Waals surface area (Å²) < 4.78 is 1.90. The fourth-order valence-electron chi connectivity index (χ4n) is 1.81. The van der Waals surface area contributed by atoms with Crippen molar-refractivity contribution in [1.82, 2.24) is 9.78 Å². The van der Waals surface area contributed by atoms with Crippen LogP contribution in [0.15, 0.2) is 6.20 Å². The summed E-state index contributed by atoms with van der Waals surface area (Å²) in [5.74, 6) is 0. The minimum absolute atomic E-state index is 0.214. The number of nitrogens with zero attached hydrogens (tertiary/aromatic N) is 2. The number of nitrogens with two attached hydrogens (primary N) is 1. The summed E-state index contributed by atoms with van der Waals surface area (Å²) in [5, 5.41) is 4.19. The lowest BCUT2D eigenvalue weighted by atomic mass is 9.94. The Morgan fingerprint density at radius 2 is 2.55 bits per heavy atom. The van der Waals surface area contributed by atoms with Crippen molar-refractivity contribution >= 4 is 0 Å². The van der Waals surface area contributed by atoms with Crippen LogP contribution in [0.1, 0.15) is 30.1 Å². The van der Waals surface area contributed by atoms with Gasteiger partial charge in [-0.1, -0.05) is 0 Å². The van der Waals surface area contributed by atoms with Crippen molar-refractivity contribution in [3.63, 3.8) is 0 Å². The molecule has 3 nitrogen and oxygen atoms in total. The largest absolute Gasteiger partial charge is 0.323 e. The standard InChI is InChI=1S/C8H13N3/c1-11-8-6(5-10-11)3-2-4-7(8)9/h5,7H,2-4,9H2,1H3. The van der Waals surface area contributed by atoms with Gasteiger partial charge in [0, 0.05) is 13.1 Å². The maximum Gasteiger partial charge on any atom is 0.0580 e. The summed E-state index contributed by atoms with van der Waals surface area (Å²) in [4.78, 5) is 0. The Morgan fingerprint density at radius 1 is 1.73 bits per heavy atom. The molecule has 2 rings (SSSR count). The number of aryl methyl sites for hydroxylation is 2. The van der Waals surface area contributed by atoms with Crippen molar-refractivity contribution in [3.05, 3.63) is 17.5 Å². The van der Waals surface area contributed by atoms with Gasteiger partial charge in [-0.15, -0.1) is 0 Å². The van der Waals surface area contributed by atoms with Crippen LogP contribution in [-0.2, 0) is 13.5 Å². The summed E-state index contributed by atoms with van der Waals surface area (Å²) in [7, 11) is 1.96. The molecule has 1 unspecified atom stereocenters. The summed E-state index contributed by atoms with van der Waals surface area (Å²) in [6, 6.07) is 0.214. The van der Waals surface area contributed by atoms with E-state index >= 15 is 0 Å². The van der Waals surface area contributed by atoms with Crippen LogP contribution in [0.2, 0.25) is 0 Å². The summed E-state index contributed by atoms with van der Waals surface area (Å²) in [6.45, 7) is 0. The van der Waals surface area contributed by atoms with Crippen LogP contribution >= 0.6 is 0 Å². The molecule has 1 aromatic rings. The molecule has 2 N–H and O–H groups in total. The molecule has 0 aliphatic heterocycles. The van der Waals surface area contributed by atoms with Gasteiger partial charge in [-0.3, -0.25) is 4.68 Å². The molecule has 0 amide bonds. The molecule has 0 spiro atoms. The SMILES string of the molecule is Cn1ncc2c1C(N)CCC2. The lowest BCUT2D eigenvalue weighted by Crippen LogP contribution is -2.19. The van der Waals surface area contributed by atoms with Crippen molar-refractivity contribution in [2.75, 3.05) is 0 Å². The molecule has 1 heterocycles. The van der Waals surface area contributed by atoms with Gasteiger partial charge in [-0.25, -0.2) is 0 Å². The van der Waals surface area contributed by atoms with Crippen molar-refractivity contribution in [1.29, 1.82) is 0 Å². The minimum Gasteiger partial charge on any atom is -0.323 e. The first-order chi connectivity index (χ1) is 5.29. The molecule has 0 saturated heterocycles. The molecule has 11 heavy (non-hydrogen) atoms. The fourth-order valence-corrected chi connectivity index (χ4v) is 1.81. The second-order valence-corrected chi connectivity index (χ2v) is 3.18. The van der Waals surface area contributed by atoms with Crippen LogP contribution in [0, 0.1) is 0 Å². The molecule has 3 heteroatoms. The maximum absolute atomic E-state index is 5.93. The highest BCUT2D eigenvalue weighted by atomic mass is 15.3. The molecule has 0 radical (unpaired) electrons. The van der Waals surface area contributed by atoms with Gasteiger partial charge in [0.05, 0.1) is 11.9 Å². The summed E-state index contributed by atoms with van der Waals surface area (Å²) in [6.07, 6.45) is 5.40. The monoisotopic (exact) mass is 151 g/mol. The van der Waals surface area contributed by atoms with E-state index < -0.39 is 0 Å². The highest BCUT2D eigenvalue weighted by molar-refractivity contribution is 5.23. The quantitative estimate of drug-likeness (QED) is 0.594. The Balaban J connectivity index is 2.48. The first-order valence-corrected chi connectivity index (χ1v) is 4.05. The predicted octanol–water partition coefficient (Wildman–Crippen LogP) is 0.756. The Morgan fingerprint density at radius 3 is 3.27 bits per heavy atom. The third kappa shape index (κ3) is 0.959. The van der Waals surface area contributed by atoms with Gasteiger partial charge in [-0.05, 0) is 24.8 Å². The Hall–Kier alpha value is -0.830. The van der Waals surface area contributed by atoms with Crippen LogP contribution in [0.4, 0.5) is 0 Å². The minimum atomic E-state index is 0.214. The van der Waals surface area contributed by atoms with Crippen LogP contribution in [0.5, 0.6) is 0 Å². The molecule has 0 aromatic carbocycles. The third-order valence-corrected chi connectivity index (χ3v) is 2.38. The highest BCUT2D eigenvalue weighted by Gasteiger charge is 2.19. The second-order valence-electron chi connectivity index (χ2n) is 3.18. The van der Waals surface area contributed by atoms with Crippen LogP contribution in [0.3, 0.4) is 0 Å². The van der Waals surface area contributed by atoms with Crippen molar-refractivity contribution in [3.8, 4) is 0 Å². The summed E-state index contributed by atoms with van der Waals surface area (Å²) >= 11 is 0. The zero-order chi connectivity index (χ0) is 7.84. The third-order valence-electron chi connectivity index (χ3n) is 2.38. The van der Waals surface area contributed by atoms with Gasteiger partial charge in [0.15, 0.2) is 0 Å². The van der Waals surface area contributed by atoms with E-state index in [0.717, 1.165) is 12.8 Å². The maximum atomic E-state index is 5.93. The van der Waals surface area contributed by atoms with Gasteiger partial charge >= 0.3 is 0 Å². The van der Waals surface area contributed by atoms with Gasteiger partial charge in [-0.2, -0.15) is 5.10 Å². The van der Waals surface area contributed by atoms with E-state index in [9.17, 15) is 0 Å². The number of hydrogen-bond donors (Lipinski definition) is 1. The number of rotatable bonds is 0. The van der Waals surface area contributed by atoms with Crippen molar-refractivity contribution in [2.24, 2.45) is 12.8 Å². The predicted molar refractivity (Wildman–Crippen MR) is 43.1 cm³/mol. The van der Waals surface area contributed by atoms with Gasteiger partial charge in [0.25, 0.3) is 0 Å². The molecule has 60 valence electrons. The zero-order valence-electron chi connectivity index (χ0n) is 6.75. The summed E-state index contributed by atoms with van der Waals surface area (Å²) in [5.41, 5.74) is 8.50. The first-order valence-electron chi connectivity index (χ1n) is 4.05. The number of aromatic nitrogens is 2. The molecule has 0 fully saturated rings. The van der Waals surface area contributed by atoms with E-state index in [4.69, 9.17) is 5.73 Å². The Kier molecular flexibility index (Phi) is 1.46. The van der Waals surface area contributed by atoms with E-state index in [1.807, 2.05) is 17.9 Å². The van der Waals surface area contributed by atoms with Crippen LogP contribution in [0.25, 0.3) is 0 Å². The Bertz CT molecular complexity index is 264. The molecule has 1 aromatic heterocycles. The van der Waals surface area contributed by atoms with E-state index in [1.54, 1.807) is 0 Å². The van der Waals surface area contributed by atoms with Crippen molar-refractivity contribution < 1.29 is 0 Å². The van der Waals surface area contributed by atoms with Gasteiger partial charge in [0.1, 0.15) is 0 Å². The average molecular weight is 151 g/mol. The van der Waals surface area contributed by atoms with Gasteiger partial charge in [0.2, 0.25) is 0 Å².